The molecule has 0 fully saturated rings. The van der Waals surface area contributed by atoms with Crippen LogP contribution in [0.3, 0.4) is 0 Å². The predicted octanol–water partition coefficient (Wildman–Crippen LogP) is 2.82. The lowest BCUT2D eigenvalue weighted by molar-refractivity contribution is -0.114. The van der Waals surface area contributed by atoms with Crippen molar-refractivity contribution in [3.63, 3.8) is 0 Å². The highest BCUT2D eigenvalue weighted by molar-refractivity contribution is 6.08. The molecule has 0 amide bonds. The summed E-state index contributed by atoms with van der Waals surface area (Å²) in [6.07, 6.45) is 6.65. The Kier molecular flexibility index (Phi) is 3.38. The quantitative estimate of drug-likeness (QED) is 0.724. The van der Waals surface area contributed by atoms with E-state index in [0.29, 0.717) is 5.76 Å². The minimum atomic E-state index is -0.126. The molecule has 3 nitrogen and oxygen atoms in total. The summed E-state index contributed by atoms with van der Waals surface area (Å²) in [5.41, 5.74) is 4.37. The predicted molar refractivity (Wildman–Crippen MR) is 73.4 cm³/mol. The van der Waals surface area contributed by atoms with E-state index >= 15 is 0 Å². The normalized spacial score (nSPS) is 23.6. The second-order valence-electron chi connectivity index (χ2n) is 4.63. The molecule has 0 heterocycles. The fraction of sp³-hybridized carbons (Fsp3) is 0.250. The molecule has 0 atom stereocenters. The molecule has 0 saturated heterocycles. The van der Waals surface area contributed by atoms with Crippen molar-refractivity contribution in [1.82, 2.24) is 0 Å². The number of hydrogen-bond acceptors (Lipinski definition) is 3. The summed E-state index contributed by atoms with van der Waals surface area (Å²) in [5, 5.41) is 0. The van der Waals surface area contributed by atoms with Crippen molar-refractivity contribution in [3.05, 3.63) is 57.9 Å². The molecule has 0 aliphatic heterocycles. The summed E-state index contributed by atoms with van der Waals surface area (Å²) in [6, 6.07) is 0. The first-order valence-corrected chi connectivity index (χ1v) is 6.09. The number of allylic oxidation sites excluding steroid dienone is 9. The van der Waals surface area contributed by atoms with Gasteiger partial charge in [0.1, 0.15) is 0 Å². The number of ketones is 2. The van der Waals surface area contributed by atoms with Gasteiger partial charge in [0.25, 0.3) is 0 Å². The van der Waals surface area contributed by atoms with Gasteiger partial charge in [-0.3, -0.25) is 9.59 Å². The molecule has 0 aromatic rings. The van der Waals surface area contributed by atoms with Crippen LogP contribution >= 0.6 is 0 Å². The molecule has 0 spiro atoms. The molecule has 3 heteroatoms. The van der Waals surface area contributed by atoms with E-state index < -0.39 is 0 Å². The highest BCUT2D eigenvalue weighted by Crippen LogP contribution is 2.32. The zero-order chi connectivity index (χ0) is 14.2. The van der Waals surface area contributed by atoms with E-state index in [1.54, 1.807) is 18.2 Å². The van der Waals surface area contributed by atoms with Gasteiger partial charge in [0.2, 0.25) is 5.78 Å². The van der Waals surface area contributed by atoms with Crippen LogP contribution in [0.1, 0.15) is 20.8 Å². The number of ether oxygens (including phenoxy) is 1. The van der Waals surface area contributed by atoms with E-state index in [9.17, 15) is 9.59 Å². The van der Waals surface area contributed by atoms with Crippen molar-refractivity contribution < 1.29 is 14.3 Å². The summed E-state index contributed by atoms with van der Waals surface area (Å²) in [6.45, 7) is 5.59. The molecule has 0 bridgehead atoms. The Labute approximate surface area is 112 Å². The fourth-order valence-corrected chi connectivity index (χ4v) is 2.30. The maximum Gasteiger partial charge on any atom is 0.220 e. The van der Waals surface area contributed by atoms with Crippen molar-refractivity contribution in [2.24, 2.45) is 0 Å². The topological polar surface area (TPSA) is 43.4 Å². The van der Waals surface area contributed by atoms with Crippen molar-refractivity contribution in [3.8, 4) is 0 Å². The average molecular weight is 256 g/mol. The number of carbonyl (C=O) groups is 2. The van der Waals surface area contributed by atoms with Gasteiger partial charge in [-0.25, -0.2) is 0 Å². The number of rotatable bonds is 1. The van der Waals surface area contributed by atoms with Gasteiger partial charge in [-0.05, 0) is 61.3 Å². The molecule has 0 unspecified atom stereocenters. The summed E-state index contributed by atoms with van der Waals surface area (Å²) in [5.74, 6) is 0.269. The van der Waals surface area contributed by atoms with Crippen LogP contribution in [0.4, 0.5) is 0 Å². The highest BCUT2D eigenvalue weighted by atomic mass is 16.5. The van der Waals surface area contributed by atoms with Crippen LogP contribution in [0.5, 0.6) is 0 Å². The van der Waals surface area contributed by atoms with Crippen LogP contribution in [0.15, 0.2) is 57.9 Å². The number of carbonyl (C=O) groups excluding carboxylic acids is 2. The first kappa shape index (κ1) is 13.3. The summed E-state index contributed by atoms with van der Waals surface area (Å²) < 4.78 is 5.16. The van der Waals surface area contributed by atoms with E-state index in [0.717, 1.165) is 27.9 Å². The molecule has 0 saturated carbocycles. The molecule has 2 aliphatic carbocycles. The Morgan fingerprint density at radius 3 is 1.84 bits per heavy atom. The number of methoxy groups -OCH3 is 1. The van der Waals surface area contributed by atoms with Gasteiger partial charge in [-0.2, -0.15) is 0 Å². The van der Waals surface area contributed by atoms with Gasteiger partial charge < -0.3 is 4.74 Å². The molecular weight excluding hydrogens is 240 g/mol. The number of hydrogen-bond donors (Lipinski definition) is 0. The maximum absolute atomic E-state index is 11.7. The minimum absolute atomic E-state index is 0.0336. The molecule has 19 heavy (non-hydrogen) atoms. The zero-order valence-electron chi connectivity index (χ0n) is 11.5. The van der Waals surface area contributed by atoms with E-state index in [2.05, 4.69) is 0 Å². The van der Waals surface area contributed by atoms with Gasteiger partial charge in [0, 0.05) is 5.57 Å². The molecule has 0 aromatic heterocycles. The second-order valence-corrected chi connectivity index (χ2v) is 4.63. The summed E-state index contributed by atoms with van der Waals surface area (Å²) >= 11 is 0. The van der Waals surface area contributed by atoms with Crippen molar-refractivity contribution in [1.29, 1.82) is 0 Å². The first-order chi connectivity index (χ1) is 8.97. The third-order valence-electron chi connectivity index (χ3n) is 3.60. The Bertz CT molecular complexity index is 622. The third-order valence-corrected chi connectivity index (χ3v) is 3.60. The van der Waals surface area contributed by atoms with Gasteiger partial charge in [-0.15, -0.1) is 0 Å². The zero-order valence-corrected chi connectivity index (χ0v) is 11.5. The third kappa shape index (κ3) is 2.12. The van der Waals surface area contributed by atoms with E-state index in [1.807, 2.05) is 20.8 Å². The lowest BCUT2D eigenvalue weighted by Crippen LogP contribution is -2.12. The first-order valence-electron chi connectivity index (χ1n) is 6.09. The van der Waals surface area contributed by atoms with Gasteiger partial charge >= 0.3 is 0 Å². The highest BCUT2D eigenvalue weighted by Gasteiger charge is 2.22. The van der Waals surface area contributed by atoms with E-state index in [-0.39, 0.29) is 11.6 Å². The Hall–Kier alpha value is -2.16. The lowest BCUT2D eigenvalue weighted by Gasteiger charge is -2.20. The van der Waals surface area contributed by atoms with Crippen LogP contribution in [0.25, 0.3) is 0 Å². The Balaban J connectivity index is 2.64. The molecule has 0 radical (unpaired) electrons. The van der Waals surface area contributed by atoms with Crippen LogP contribution in [-0.4, -0.2) is 18.7 Å². The standard InChI is InChI=1S/C16H16O3/c1-9-10(2)14(17)7-5-12(9)13-6-8-15(18)16(19-4)11(13)3/h5-8H,1-4H3/b13-12+. The van der Waals surface area contributed by atoms with E-state index in [4.69, 9.17) is 4.74 Å². The lowest BCUT2D eigenvalue weighted by atomic mass is 9.86. The van der Waals surface area contributed by atoms with Gasteiger partial charge in [0.05, 0.1) is 7.11 Å². The molecule has 0 N–H and O–H groups in total. The smallest absolute Gasteiger partial charge is 0.220 e. The SMILES string of the molecule is COC1=C(C)/C(=C2\C=CC(=O)C(C)=C2C)C=CC1=O. The van der Waals surface area contributed by atoms with Crippen molar-refractivity contribution >= 4 is 11.6 Å². The van der Waals surface area contributed by atoms with Crippen molar-refractivity contribution in [2.75, 3.05) is 7.11 Å². The van der Waals surface area contributed by atoms with Gasteiger partial charge in [-0.1, -0.05) is 6.08 Å². The van der Waals surface area contributed by atoms with Crippen LogP contribution in [0.2, 0.25) is 0 Å². The average Bonchev–Trinajstić information content (AvgIpc) is 2.38. The maximum atomic E-state index is 11.7. The Morgan fingerprint density at radius 1 is 0.737 bits per heavy atom. The molecular formula is C16H16O3. The fourth-order valence-electron chi connectivity index (χ4n) is 2.30. The van der Waals surface area contributed by atoms with E-state index in [1.165, 1.54) is 13.2 Å². The van der Waals surface area contributed by atoms with Crippen LogP contribution < -0.4 is 0 Å². The molecule has 0 aromatic carbocycles. The minimum Gasteiger partial charge on any atom is -0.492 e. The Morgan fingerprint density at radius 2 is 1.26 bits per heavy atom. The van der Waals surface area contributed by atoms with Gasteiger partial charge in [0.15, 0.2) is 11.5 Å². The largest absolute Gasteiger partial charge is 0.492 e. The second kappa shape index (κ2) is 4.84. The van der Waals surface area contributed by atoms with Crippen molar-refractivity contribution in [2.45, 2.75) is 20.8 Å². The summed E-state index contributed by atoms with van der Waals surface area (Å²) in [4.78, 5) is 23.3. The molecule has 2 aliphatic rings. The summed E-state index contributed by atoms with van der Waals surface area (Å²) in [7, 11) is 1.49. The molecule has 2 rings (SSSR count). The monoisotopic (exact) mass is 256 g/mol. The molecule has 98 valence electrons. The van der Waals surface area contributed by atoms with Crippen LogP contribution in [0, 0.1) is 0 Å². The van der Waals surface area contributed by atoms with Crippen LogP contribution in [-0.2, 0) is 14.3 Å².